The van der Waals surface area contributed by atoms with Crippen molar-refractivity contribution in [3.05, 3.63) is 28.5 Å². The molecule has 8 heteroatoms. The van der Waals surface area contributed by atoms with Crippen LogP contribution in [0.25, 0.3) is 0 Å². The van der Waals surface area contributed by atoms with Crippen LogP contribution in [0, 0.1) is 11.7 Å². The number of hydrogen-bond donors (Lipinski definition) is 1. The minimum Gasteiger partial charge on any atom is -0.478 e. The molecule has 0 radical (unpaired) electrons. The molecule has 0 aliphatic heterocycles. The van der Waals surface area contributed by atoms with Crippen molar-refractivity contribution in [2.75, 3.05) is 7.05 Å². The van der Waals surface area contributed by atoms with Gasteiger partial charge >= 0.3 is 5.97 Å². The lowest BCUT2D eigenvalue weighted by Crippen LogP contribution is -2.38. The summed E-state index contributed by atoms with van der Waals surface area (Å²) < 4.78 is 40.1. The summed E-state index contributed by atoms with van der Waals surface area (Å²) in [7, 11) is -2.86. The highest BCUT2D eigenvalue weighted by atomic mass is 35.5. The molecule has 0 aliphatic carbocycles. The number of benzene rings is 1. The van der Waals surface area contributed by atoms with Crippen LogP contribution in [0.5, 0.6) is 0 Å². The predicted molar refractivity (Wildman–Crippen MR) is 77.6 cm³/mol. The summed E-state index contributed by atoms with van der Waals surface area (Å²) in [5.41, 5.74) is -0.772. The molecule has 1 atom stereocenters. The zero-order valence-electron chi connectivity index (χ0n) is 12.1. The molecular weight excluding hydrogens is 321 g/mol. The van der Waals surface area contributed by atoms with Crippen molar-refractivity contribution in [2.45, 2.75) is 31.7 Å². The van der Waals surface area contributed by atoms with E-state index >= 15 is 0 Å². The van der Waals surface area contributed by atoms with Crippen LogP contribution >= 0.6 is 11.6 Å². The molecule has 5 nitrogen and oxygen atoms in total. The molecule has 0 heterocycles. The lowest BCUT2D eigenvalue weighted by atomic mass is 10.1. The summed E-state index contributed by atoms with van der Waals surface area (Å²) in [4.78, 5) is 10.2. The third-order valence-corrected chi connectivity index (χ3v) is 5.59. The maximum absolute atomic E-state index is 14.2. The lowest BCUT2D eigenvalue weighted by Gasteiger charge is -2.27. The highest BCUT2D eigenvalue weighted by molar-refractivity contribution is 7.89. The van der Waals surface area contributed by atoms with Gasteiger partial charge in [0, 0.05) is 18.1 Å². The highest BCUT2D eigenvalue weighted by Gasteiger charge is 2.32. The average molecular weight is 338 g/mol. The number of rotatable bonds is 5. The van der Waals surface area contributed by atoms with Gasteiger partial charge in [0.2, 0.25) is 10.0 Å². The van der Waals surface area contributed by atoms with Crippen molar-refractivity contribution >= 4 is 27.6 Å². The molecule has 21 heavy (non-hydrogen) atoms. The van der Waals surface area contributed by atoms with E-state index in [2.05, 4.69) is 0 Å². The zero-order valence-corrected chi connectivity index (χ0v) is 13.7. The van der Waals surface area contributed by atoms with Crippen LogP contribution in [0.4, 0.5) is 4.39 Å². The molecule has 0 saturated carbocycles. The van der Waals surface area contributed by atoms with Crippen LogP contribution in [-0.4, -0.2) is 36.9 Å². The molecule has 0 amide bonds. The molecule has 118 valence electrons. The number of carbonyl (C=O) groups is 1. The monoisotopic (exact) mass is 337 g/mol. The molecule has 0 aliphatic rings. The summed E-state index contributed by atoms with van der Waals surface area (Å²) in [6.45, 7) is 5.34. The first-order chi connectivity index (χ1) is 9.50. The minimum absolute atomic E-state index is 0.00552. The third kappa shape index (κ3) is 3.53. The smallest absolute Gasteiger partial charge is 0.338 e. The van der Waals surface area contributed by atoms with Gasteiger partial charge in [0.15, 0.2) is 5.82 Å². The molecular formula is C13H17ClFNO4S. The van der Waals surface area contributed by atoms with Crippen LogP contribution in [-0.2, 0) is 10.0 Å². The molecule has 0 aromatic heterocycles. The van der Waals surface area contributed by atoms with Gasteiger partial charge in [-0.1, -0.05) is 25.4 Å². The van der Waals surface area contributed by atoms with Gasteiger partial charge in [0.05, 0.1) is 5.56 Å². The second-order valence-electron chi connectivity index (χ2n) is 5.08. The Hall–Kier alpha value is -1.18. The first-order valence-electron chi connectivity index (χ1n) is 6.20. The molecule has 1 N–H and O–H groups in total. The third-order valence-electron chi connectivity index (χ3n) is 3.43. The Bertz CT molecular complexity index is 660. The molecule has 0 fully saturated rings. The van der Waals surface area contributed by atoms with E-state index in [1.807, 2.05) is 13.8 Å². The van der Waals surface area contributed by atoms with E-state index in [4.69, 9.17) is 16.7 Å². The van der Waals surface area contributed by atoms with Gasteiger partial charge in [-0.25, -0.2) is 17.6 Å². The first-order valence-corrected chi connectivity index (χ1v) is 8.02. The molecule has 1 aromatic rings. The Kier molecular flexibility index (Phi) is 5.35. The molecule has 1 rings (SSSR count). The van der Waals surface area contributed by atoms with Gasteiger partial charge in [0.1, 0.15) is 4.90 Å². The van der Waals surface area contributed by atoms with E-state index in [1.165, 1.54) is 7.05 Å². The van der Waals surface area contributed by atoms with E-state index in [0.29, 0.717) is 0 Å². The molecule has 0 spiro atoms. The zero-order chi connectivity index (χ0) is 16.5. The number of hydrogen-bond acceptors (Lipinski definition) is 3. The second-order valence-corrected chi connectivity index (χ2v) is 7.48. The number of halogens is 2. The first kappa shape index (κ1) is 17.9. The normalized spacial score (nSPS) is 13.7. The van der Waals surface area contributed by atoms with Crippen molar-refractivity contribution in [1.82, 2.24) is 4.31 Å². The fraction of sp³-hybridized carbons (Fsp3) is 0.462. The summed E-state index contributed by atoms with van der Waals surface area (Å²) >= 11 is 5.71. The maximum atomic E-state index is 14.2. The summed E-state index contributed by atoms with van der Waals surface area (Å²) in [5, 5.41) is 8.75. The van der Waals surface area contributed by atoms with Crippen LogP contribution in [0.15, 0.2) is 17.0 Å². The average Bonchev–Trinajstić information content (AvgIpc) is 2.38. The van der Waals surface area contributed by atoms with Crippen molar-refractivity contribution in [3.63, 3.8) is 0 Å². The second kappa shape index (κ2) is 6.29. The van der Waals surface area contributed by atoms with Crippen LogP contribution in [0.1, 0.15) is 31.1 Å². The minimum atomic E-state index is -4.18. The van der Waals surface area contributed by atoms with Gasteiger partial charge in [-0.15, -0.1) is 0 Å². The van der Waals surface area contributed by atoms with E-state index < -0.39 is 32.3 Å². The molecule has 0 saturated heterocycles. The Morgan fingerprint density at radius 3 is 2.29 bits per heavy atom. The van der Waals surface area contributed by atoms with E-state index in [9.17, 15) is 17.6 Å². The van der Waals surface area contributed by atoms with Crippen molar-refractivity contribution < 1.29 is 22.7 Å². The Balaban J connectivity index is 3.49. The SMILES string of the molecule is CC(C)C(C)N(C)S(=O)(=O)c1cc(Cl)cc(C(=O)O)c1F. The van der Waals surface area contributed by atoms with E-state index in [1.54, 1.807) is 6.92 Å². The maximum Gasteiger partial charge on any atom is 0.338 e. The van der Waals surface area contributed by atoms with Gasteiger partial charge in [-0.05, 0) is 25.0 Å². The standard InChI is InChI=1S/C13H17ClFNO4S/c1-7(2)8(3)16(4)21(19,20)11-6-9(14)5-10(12(11)15)13(17)18/h5-8H,1-4H3,(H,17,18). The van der Waals surface area contributed by atoms with E-state index in [0.717, 1.165) is 16.4 Å². The molecule has 1 unspecified atom stereocenters. The fourth-order valence-electron chi connectivity index (χ4n) is 1.70. The summed E-state index contributed by atoms with van der Waals surface area (Å²) in [6, 6.07) is 1.41. The van der Waals surface area contributed by atoms with Crippen molar-refractivity contribution in [2.24, 2.45) is 5.92 Å². The molecule has 1 aromatic carbocycles. The summed E-state index contributed by atoms with van der Waals surface area (Å²) in [6.07, 6.45) is 0. The van der Waals surface area contributed by atoms with Crippen LogP contribution < -0.4 is 0 Å². The predicted octanol–water partition coefficient (Wildman–Crippen LogP) is 2.84. The number of carboxylic acids is 1. The van der Waals surface area contributed by atoms with Crippen LogP contribution in [0.2, 0.25) is 5.02 Å². The quantitative estimate of drug-likeness (QED) is 0.896. The van der Waals surface area contributed by atoms with Crippen LogP contribution in [0.3, 0.4) is 0 Å². The fourth-order valence-corrected chi connectivity index (χ4v) is 3.59. The number of carboxylic acid groups (broad SMARTS) is 1. The van der Waals surface area contributed by atoms with Crippen molar-refractivity contribution in [1.29, 1.82) is 0 Å². The number of sulfonamides is 1. The Morgan fingerprint density at radius 2 is 1.86 bits per heavy atom. The van der Waals surface area contributed by atoms with Gasteiger partial charge < -0.3 is 5.11 Å². The Morgan fingerprint density at radius 1 is 1.33 bits per heavy atom. The van der Waals surface area contributed by atoms with Gasteiger partial charge in [0.25, 0.3) is 0 Å². The topological polar surface area (TPSA) is 74.7 Å². The number of aromatic carboxylic acids is 1. The highest BCUT2D eigenvalue weighted by Crippen LogP contribution is 2.27. The van der Waals surface area contributed by atoms with Gasteiger partial charge in [-0.3, -0.25) is 0 Å². The summed E-state index contributed by atoms with van der Waals surface area (Å²) in [5.74, 6) is -2.88. The lowest BCUT2D eigenvalue weighted by molar-refractivity contribution is 0.0691. The van der Waals surface area contributed by atoms with Gasteiger partial charge in [-0.2, -0.15) is 4.31 Å². The van der Waals surface area contributed by atoms with Crippen molar-refractivity contribution in [3.8, 4) is 0 Å². The molecule has 0 bridgehead atoms. The Labute approximate surface area is 128 Å². The number of nitrogens with zero attached hydrogens (tertiary/aromatic N) is 1. The largest absolute Gasteiger partial charge is 0.478 e. The van der Waals surface area contributed by atoms with E-state index in [-0.39, 0.29) is 17.0 Å².